The summed E-state index contributed by atoms with van der Waals surface area (Å²) in [7, 11) is 0. The molecule has 0 amide bonds. The summed E-state index contributed by atoms with van der Waals surface area (Å²) in [5.74, 6) is 1.43. The predicted octanol–water partition coefficient (Wildman–Crippen LogP) is 3.64. The molecule has 1 aliphatic heterocycles. The average molecular weight is 386 g/mol. The maximum absolute atomic E-state index is 10.8. The molecule has 2 aromatic rings. The topological polar surface area (TPSA) is 60.0 Å². The fraction of sp³-hybridized carbons (Fsp3) is 0.478. The molecule has 0 aliphatic carbocycles. The fourth-order valence-electron chi connectivity index (χ4n) is 3.77. The van der Waals surface area contributed by atoms with Crippen molar-refractivity contribution < 1.29 is 19.3 Å². The van der Waals surface area contributed by atoms with Crippen molar-refractivity contribution in [3.05, 3.63) is 59.7 Å². The molecule has 1 unspecified atom stereocenters. The van der Waals surface area contributed by atoms with Crippen LogP contribution in [0.3, 0.4) is 0 Å². The Bertz CT molecular complexity index is 729. The van der Waals surface area contributed by atoms with Crippen LogP contribution < -0.4 is 14.8 Å². The SMILES string of the molecule is CCOc1ccc(CC(O)OC2(c3ccccc3)CCNCC2)cc1OCC. The smallest absolute Gasteiger partial charge is 0.161 e. The summed E-state index contributed by atoms with van der Waals surface area (Å²) in [5, 5.41) is 14.1. The van der Waals surface area contributed by atoms with Crippen LogP contribution in [0.15, 0.2) is 48.5 Å². The van der Waals surface area contributed by atoms with Crippen molar-refractivity contribution in [2.24, 2.45) is 0 Å². The van der Waals surface area contributed by atoms with E-state index in [0.29, 0.717) is 25.4 Å². The van der Waals surface area contributed by atoms with E-state index in [2.05, 4.69) is 17.4 Å². The van der Waals surface area contributed by atoms with Crippen LogP contribution in [-0.4, -0.2) is 37.7 Å². The molecule has 0 radical (unpaired) electrons. The average Bonchev–Trinajstić information content (AvgIpc) is 2.71. The van der Waals surface area contributed by atoms with Gasteiger partial charge in [0.15, 0.2) is 17.8 Å². The third-order valence-corrected chi connectivity index (χ3v) is 5.09. The van der Waals surface area contributed by atoms with Crippen molar-refractivity contribution in [2.75, 3.05) is 26.3 Å². The lowest BCUT2D eigenvalue weighted by atomic mass is 9.84. The highest BCUT2D eigenvalue weighted by atomic mass is 16.6. The van der Waals surface area contributed by atoms with Crippen LogP contribution in [0.25, 0.3) is 0 Å². The normalized spacial score (nSPS) is 17.1. The molecule has 1 heterocycles. The van der Waals surface area contributed by atoms with Crippen LogP contribution in [0.1, 0.15) is 37.8 Å². The quantitative estimate of drug-likeness (QED) is 0.646. The minimum Gasteiger partial charge on any atom is -0.490 e. The lowest BCUT2D eigenvalue weighted by Crippen LogP contribution is -2.44. The van der Waals surface area contributed by atoms with Gasteiger partial charge in [-0.15, -0.1) is 0 Å². The molecule has 2 N–H and O–H groups in total. The first-order valence-corrected chi connectivity index (χ1v) is 10.2. The Kier molecular flexibility index (Phi) is 7.31. The van der Waals surface area contributed by atoms with E-state index < -0.39 is 11.9 Å². The number of piperidine rings is 1. The molecule has 2 aromatic carbocycles. The van der Waals surface area contributed by atoms with Gasteiger partial charge in [-0.2, -0.15) is 0 Å². The lowest BCUT2D eigenvalue weighted by molar-refractivity contribution is -0.199. The second kappa shape index (κ2) is 9.92. The van der Waals surface area contributed by atoms with E-state index in [0.717, 1.165) is 42.8 Å². The molecule has 152 valence electrons. The van der Waals surface area contributed by atoms with E-state index in [1.165, 1.54) is 0 Å². The van der Waals surface area contributed by atoms with E-state index >= 15 is 0 Å². The van der Waals surface area contributed by atoms with Gasteiger partial charge >= 0.3 is 0 Å². The van der Waals surface area contributed by atoms with Crippen LogP contribution in [0.2, 0.25) is 0 Å². The van der Waals surface area contributed by atoms with Crippen LogP contribution in [-0.2, 0) is 16.8 Å². The van der Waals surface area contributed by atoms with E-state index in [9.17, 15) is 5.11 Å². The van der Waals surface area contributed by atoms with Crippen molar-refractivity contribution in [1.29, 1.82) is 0 Å². The van der Waals surface area contributed by atoms with Gasteiger partial charge in [0.05, 0.1) is 18.8 Å². The van der Waals surface area contributed by atoms with Gasteiger partial charge in [0.1, 0.15) is 0 Å². The number of benzene rings is 2. The summed E-state index contributed by atoms with van der Waals surface area (Å²) >= 11 is 0. The second-order valence-electron chi connectivity index (χ2n) is 7.03. The van der Waals surface area contributed by atoms with E-state index in [-0.39, 0.29) is 0 Å². The van der Waals surface area contributed by atoms with Crippen molar-refractivity contribution in [2.45, 2.75) is 45.0 Å². The third-order valence-electron chi connectivity index (χ3n) is 5.09. The molecule has 28 heavy (non-hydrogen) atoms. The molecule has 0 aromatic heterocycles. The summed E-state index contributed by atoms with van der Waals surface area (Å²) in [6.45, 7) is 6.79. The zero-order chi connectivity index (χ0) is 19.8. The van der Waals surface area contributed by atoms with E-state index in [1.54, 1.807) is 0 Å². The van der Waals surface area contributed by atoms with Crippen molar-refractivity contribution >= 4 is 0 Å². The van der Waals surface area contributed by atoms with Crippen molar-refractivity contribution in [3.8, 4) is 11.5 Å². The number of rotatable bonds is 9. The van der Waals surface area contributed by atoms with Crippen LogP contribution in [0.5, 0.6) is 11.5 Å². The molecular formula is C23H31NO4. The monoisotopic (exact) mass is 385 g/mol. The molecule has 1 saturated heterocycles. The minimum atomic E-state index is -0.897. The Hall–Kier alpha value is -2.08. The Morgan fingerprint density at radius 3 is 2.32 bits per heavy atom. The second-order valence-corrected chi connectivity index (χ2v) is 7.03. The van der Waals surface area contributed by atoms with Crippen molar-refractivity contribution in [1.82, 2.24) is 5.32 Å². The van der Waals surface area contributed by atoms with Gasteiger partial charge < -0.3 is 24.6 Å². The number of nitrogens with one attached hydrogen (secondary N) is 1. The molecule has 1 atom stereocenters. The number of hydrogen-bond acceptors (Lipinski definition) is 5. The Labute approximate surface area is 167 Å². The van der Waals surface area contributed by atoms with Gasteiger partial charge in [0.25, 0.3) is 0 Å². The molecule has 5 heteroatoms. The Morgan fingerprint density at radius 1 is 0.964 bits per heavy atom. The van der Waals surface area contributed by atoms with Crippen LogP contribution in [0.4, 0.5) is 0 Å². The molecule has 3 rings (SSSR count). The molecule has 0 bridgehead atoms. The molecule has 1 fully saturated rings. The lowest BCUT2D eigenvalue weighted by Gasteiger charge is -2.39. The van der Waals surface area contributed by atoms with E-state index in [4.69, 9.17) is 14.2 Å². The summed E-state index contributed by atoms with van der Waals surface area (Å²) in [5.41, 5.74) is 1.62. The van der Waals surface area contributed by atoms with Crippen LogP contribution >= 0.6 is 0 Å². The Morgan fingerprint density at radius 2 is 1.64 bits per heavy atom. The zero-order valence-corrected chi connectivity index (χ0v) is 16.8. The van der Waals surface area contributed by atoms with E-state index in [1.807, 2.05) is 50.2 Å². The number of ether oxygens (including phenoxy) is 3. The highest BCUT2D eigenvalue weighted by Crippen LogP contribution is 2.36. The maximum atomic E-state index is 10.8. The fourth-order valence-corrected chi connectivity index (χ4v) is 3.77. The van der Waals surface area contributed by atoms with Crippen molar-refractivity contribution in [3.63, 3.8) is 0 Å². The molecule has 0 spiro atoms. The number of hydrogen-bond donors (Lipinski definition) is 2. The maximum Gasteiger partial charge on any atom is 0.161 e. The molecule has 1 aliphatic rings. The third kappa shape index (κ3) is 5.04. The van der Waals surface area contributed by atoms with Gasteiger partial charge in [0, 0.05) is 6.42 Å². The minimum absolute atomic E-state index is 0.397. The zero-order valence-electron chi connectivity index (χ0n) is 16.8. The molecular weight excluding hydrogens is 354 g/mol. The Balaban J connectivity index is 1.74. The first kappa shape index (κ1) is 20.6. The molecule has 5 nitrogen and oxygen atoms in total. The summed E-state index contributed by atoms with van der Waals surface area (Å²) in [6, 6.07) is 16.0. The van der Waals surface area contributed by atoms with Gasteiger partial charge in [-0.3, -0.25) is 0 Å². The van der Waals surface area contributed by atoms with Gasteiger partial charge in [-0.1, -0.05) is 36.4 Å². The summed E-state index contributed by atoms with van der Waals surface area (Å²) in [6.07, 6.45) is 1.17. The van der Waals surface area contributed by atoms with Gasteiger partial charge in [0.2, 0.25) is 0 Å². The summed E-state index contributed by atoms with van der Waals surface area (Å²) < 4.78 is 17.6. The standard InChI is InChI=1S/C23H31NO4/c1-3-26-20-11-10-18(16-21(20)27-4-2)17-22(25)28-23(12-14-24-15-13-23)19-8-6-5-7-9-19/h5-11,16,22,24-25H,3-4,12-15,17H2,1-2H3. The predicted molar refractivity (Wildman–Crippen MR) is 110 cm³/mol. The molecule has 0 saturated carbocycles. The first-order valence-electron chi connectivity index (χ1n) is 10.2. The number of aliphatic hydroxyl groups excluding tert-OH is 1. The number of aliphatic hydroxyl groups is 1. The van der Waals surface area contributed by atoms with Gasteiger partial charge in [-0.05, 0) is 63.0 Å². The first-order chi connectivity index (χ1) is 13.7. The highest BCUT2D eigenvalue weighted by Gasteiger charge is 2.37. The highest BCUT2D eigenvalue weighted by molar-refractivity contribution is 5.43. The largest absolute Gasteiger partial charge is 0.490 e. The van der Waals surface area contributed by atoms with Gasteiger partial charge in [-0.25, -0.2) is 0 Å². The summed E-state index contributed by atoms with van der Waals surface area (Å²) in [4.78, 5) is 0. The van der Waals surface area contributed by atoms with Crippen LogP contribution in [0, 0.1) is 0 Å².